The summed E-state index contributed by atoms with van der Waals surface area (Å²) in [6, 6.07) is 10.6. The number of para-hydroxylation sites is 1. The monoisotopic (exact) mass is 188 g/mol. The molecule has 0 saturated carbocycles. The van der Waals surface area contributed by atoms with Gasteiger partial charge < -0.3 is 10.4 Å². The molecule has 1 rings (SSSR count). The van der Waals surface area contributed by atoms with Crippen molar-refractivity contribution in [2.24, 2.45) is 0 Å². The Morgan fingerprint density at radius 2 is 2.07 bits per heavy atom. The molecule has 0 aliphatic carbocycles. The quantitative estimate of drug-likeness (QED) is 0.558. The van der Waals surface area contributed by atoms with Crippen molar-refractivity contribution < 1.29 is 9.90 Å². The highest BCUT2D eigenvalue weighted by Gasteiger charge is 2.03. The average molecular weight is 188 g/mol. The van der Waals surface area contributed by atoms with E-state index in [1.807, 2.05) is 18.2 Å². The minimum Gasteiger partial charge on any atom is -0.477 e. The Kier molecular flexibility index (Phi) is 3.27. The van der Waals surface area contributed by atoms with Gasteiger partial charge in [-0.15, -0.1) is 0 Å². The molecule has 0 saturated heterocycles. The molecule has 0 unspecified atom stereocenters. The first-order valence-electron chi connectivity index (χ1n) is 3.89. The predicted molar refractivity (Wildman–Crippen MR) is 51.4 cm³/mol. The normalized spacial score (nSPS) is 10.4. The van der Waals surface area contributed by atoms with Gasteiger partial charge in [0.15, 0.2) is 5.57 Å². The van der Waals surface area contributed by atoms with E-state index < -0.39 is 5.97 Å². The molecule has 14 heavy (non-hydrogen) atoms. The van der Waals surface area contributed by atoms with Gasteiger partial charge in [0.2, 0.25) is 0 Å². The Morgan fingerprint density at radius 1 is 1.43 bits per heavy atom. The van der Waals surface area contributed by atoms with Crippen LogP contribution in [0.15, 0.2) is 42.1 Å². The Bertz CT molecular complexity index is 390. The van der Waals surface area contributed by atoms with Gasteiger partial charge in [0.05, 0.1) is 0 Å². The highest BCUT2D eigenvalue weighted by atomic mass is 16.4. The third kappa shape index (κ3) is 2.64. The Labute approximate surface area is 81.1 Å². The second-order valence-electron chi connectivity index (χ2n) is 2.49. The van der Waals surface area contributed by atoms with Gasteiger partial charge in [0.1, 0.15) is 6.07 Å². The lowest BCUT2D eigenvalue weighted by atomic mass is 10.3. The van der Waals surface area contributed by atoms with Gasteiger partial charge >= 0.3 is 5.97 Å². The number of nitriles is 1. The van der Waals surface area contributed by atoms with Gasteiger partial charge in [-0.3, -0.25) is 0 Å². The van der Waals surface area contributed by atoms with Crippen molar-refractivity contribution >= 4 is 11.7 Å². The molecule has 0 amide bonds. The largest absolute Gasteiger partial charge is 0.477 e. The van der Waals surface area contributed by atoms with E-state index in [2.05, 4.69) is 5.32 Å². The van der Waals surface area contributed by atoms with Gasteiger partial charge in [-0.25, -0.2) is 4.79 Å². The van der Waals surface area contributed by atoms with Crippen molar-refractivity contribution in [3.05, 3.63) is 42.1 Å². The number of rotatable bonds is 3. The molecule has 1 aromatic rings. The molecule has 0 aromatic heterocycles. The number of hydrogen-bond acceptors (Lipinski definition) is 3. The summed E-state index contributed by atoms with van der Waals surface area (Å²) in [5.74, 6) is -1.24. The number of anilines is 1. The zero-order chi connectivity index (χ0) is 10.4. The van der Waals surface area contributed by atoms with Crippen molar-refractivity contribution in [1.29, 1.82) is 5.26 Å². The zero-order valence-corrected chi connectivity index (χ0v) is 7.27. The maximum Gasteiger partial charge on any atom is 0.347 e. The number of aliphatic carboxylic acids is 1. The average Bonchev–Trinajstić information content (AvgIpc) is 2.20. The smallest absolute Gasteiger partial charge is 0.347 e. The second kappa shape index (κ2) is 4.67. The third-order valence-corrected chi connectivity index (χ3v) is 1.51. The van der Waals surface area contributed by atoms with E-state index in [0.717, 1.165) is 11.9 Å². The van der Waals surface area contributed by atoms with Crippen LogP contribution >= 0.6 is 0 Å². The SMILES string of the molecule is N#C/C(=C\Nc1ccccc1)C(=O)O. The summed E-state index contributed by atoms with van der Waals surface area (Å²) in [5.41, 5.74) is 0.412. The van der Waals surface area contributed by atoms with E-state index >= 15 is 0 Å². The first kappa shape index (κ1) is 9.81. The van der Waals surface area contributed by atoms with Crippen LogP contribution in [-0.2, 0) is 4.79 Å². The summed E-state index contributed by atoms with van der Waals surface area (Å²) >= 11 is 0. The van der Waals surface area contributed by atoms with Crippen LogP contribution in [0.4, 0.5) is 5.69 Å². The molecular formula is C10H8N2O2. The molecule has 0 aliphatic rings. The molecule has 0 spiro atoms. The van der Waals surface area contributed by atoms with Crippen molar-refractivity contribution in [2.75, 3.05) is 5.32 Å². The Balaban J connectivity index is 2.73. The van der Waals surface area contributed by atoms with Crippen LogP contribution in [0.1, 0.15) is 0 Å². The van der Waals surface area contributed by atoms with Gasteiger partial charge in [0, 0.05) is 11.9 Å². The van der Waals surface area contributed by atoms with E-state index in [0.29, 0.717) is 0 Å². The molecule has 0 bridgehead atoms. The maximum atomic E-state index is 10.4. The Hall–Kier alpha value is -2.28. The van der Waals surface area contributed by atoms with Gasteiger partial charge in [-0.1, -0.05) is 18.2 Å². The molecule has 70 valence electrons. The molecule has 0 atom stereocenters. The number of carbonyl (C=O) groups is 1. The first-order valence-corrected chi connectivity index (χ1v) is 3.89. The molecule has 0 fully saturated rings. The minimum atomic E-state index is -1.24. The molecule has 2 N–H and O–H groups in total. The second-order valence-corrected chi connectivity index (χ2v) is 2.49. The highest BCUT2D eigenvalue weighted by molar-refractivity contribution is 5.91. The van der Waals surface area contributed by atoms with Crippen LogP contribution in [0.5, 0.6) is 0 Å². The van der Waals surface area contributed by atoms with Crippen LogP contribution in [0.25, 0.3) is 0 Å². The molecule has 0 aliphatic heterocycles. The first-order chi connectivity index (χ1) is 6.74. The van der Waals surface area contributed by atoms with Crippen molar-refractivity contribution in [1.82, 2.24) is 0 Å². The topological polar surface area (TPSA) is 73.1 Å². The zero-order valence-electron chi connectivity index (χ0n) is 7.27. The number of nitrogens with zero attached hydrogens (tertiary/aromatic N) is 1. The van der Waals surface area contributed by atoms with Crippen molar-refractivity contribution in [2.45, 2.75) is 0 Å². The lowest BCUT2D eigenvalue weighted by Gasteiger charge is -1.98. The number of hydrogen-bond donors (Lipinski definition) is 2. The fourth-order valence-corrected chi connectivity index (χ4v) is 0.832. The lowest BCUT2D eigenvalue weighted by Crippen LogP contribution is -2.01. The van der Waals surface area contributed by atoms with Gasteiger partial charge in [0.25, 0.3) is 0 Å². The van der Waals surface area contributed by atoms with E-state index in [9.17, 15) is 4.79 Å². The number of nitrogens with one attached hydrogen (secondary N) is 1. The van der Waals surface area contributed by atoms with E-state index in [1.54, 1.807) is 18.2 Å². The summed E-state index contributed by atoms with van der Waals surface area (Å²) in [7, 11) is 0. The van der Waals surface area contributed by atoms with Crippen LogP contribution in [0.3, 0.4) is 0 Å². The molecule has 0 radical (unpaired) electrons. The predicted octanol–water partition coefficient (Wildman–Crippen LogP) is 1.59. The molecule has 0 heterocycles. The van der Waals surface area contributed by atoms with Crippen LogP contribution in [0, 0.1) is 11.3 Å². The van der Waals surface area contributed by atoms with E-state index in [1.165, 1.54) is 0 Å². The molecular weight excluding hydrogens is 180 g/mol. The maximum absolute atomic E-state index is 10.4. The fourth-order valence-electron chi connectivity index (χ4n) is 0.832. The molecule has 4 heteroatoms. The lowest BCUT2D eigenvalue weighted by molar-refractivity contribution is -0.132. The number of benzene rings is 1. The number of carboxylic acids is 1. The molecule has 1 aromatic carbocycles. The highest BCUT2D eigenvalue weighted by Crippen LogP contribution is 2.05. The Morgan fingerprint density at radius 3 is 2.57 bits per heavy atom. The third-order valence-electron chi connectivity index (χ3n) is 1.51. The van der Waals surface area contributed by atoms with Crippen LogP contribution < -0.4 is 5.32 Å². The summed E-state index contributed by atoms with van der Waals surface area (Å²) in [6.07, 6.45) is 1.16. The van der Waals surface area contributed by atoms with Gasteiger partial charge in [-0.05, 0) is 12.1 Å². The van der Waals surface area contributed by atoms with Crippen molar-refractivity contribution in [3.63, 3.8) is 0 Å². The minimum absolute atomic E-state index is 0.325. The summed E-state index contributed by atoms with van der Waals surface area (Å²) in [6.45, 7) is 0. The van der Waals surface area contributed by atoms with E-state index in [-0.39, 0.29) is 5.57 Å². The summed E-state index contributed by atoms with van der Waals surface area (Å²) < 4.78 is 0. The standard InChI is InChI=1S/C10H8N2O2/c11-6-8(10(13)14)7-12-9-4-2-1-3-5-9/h1-5,7,12H,(H,13,14)/b8-7+. The fraction of sp³-hybridized carbons (Fsp3) is 0. The number of carboxylic acid groups (broad SMARTS) is 1. The summed E-state index contributed by atoms with van der Waals surface area (Å²) in [4.78, 5) is 10.4. The van der Waals surface area contributed by atoms with Gasteiger partial charge in [-0.2, -0.15) is 5.26 Å². The summed E-state index contributed by atoms with van der Waals surface area (Å²) in [5, 5.41) is 19.7. The van der Waals surface area contributed by atoms with E-state index in [4.69, 9.17) is 10.4 Å². The molecule has 4 nitrogen and oxygen atoms in total. The van der Waals surface area contributed by atoms with Crippen molar-refractivity contribution in [3.8, 4) is 6.07 Å². The van der Waals surface area contributed by atoms with Crippen LogP contribution in [0.2, 0.25) is 0 Å². The van der Waals surface area contributed by atoms with Crippen LogP contribution in [-0.4, -0.2) is 11.1 Å².